The van der Waals surface area contributed by atoms with Crippen molar-refractivity contribution in [1.82, 2.24) is 10.6 Å². The number of rotatable bonds is 9. The number of hydrogen-bond donors (Lipinski definition) is 2. The van der Waals surface area contributed by atoms with Crippen LogP contribution in [0.25, 0.3) is 0 Å². The van der Waals surface area contributed by atoms with Gasteiger partial charge in [-0.05, 0) is 25.8 Å². The summed E-state index contributed by atoms with van der Waals surface area (Å²) >= 11 is 0. The summed E-state index contributed by atoms with van der Waals surface area (Å²) in [4.78, 5) is 24.7. The number of nitrogens with one attached hydrogen (secondary N) is 2. The molecule has 0 radical (unpaired) electrons. The molecule has 142 valence electrons. The van der Waals surface area contributed by atoms with Crippen molar-refractivity contribution in [2.45, 2.75) is 52.5 Å². The molecule has 1 aromatic rings. The van der Waals surface area contributed by atoms with Gasteiger partial charge in [0.1, 0.15) is 5.75 Å². The standard InChI is InChI=1S/C20H28N2O4/c1-4-6-9-13-26-19(23)17-14(3)21-20(24)22-18(17)15-10-7-8-11-16(15)25-12-5-2/h7-8,10-11,18H,4-6,9,12-13H2,1-3H3,(H2,21,22,24)/t18-/m1/s1. The highest BCUT2D eigenvalue weighted by Gasteiger charge is 2.33. The normalized spacial score (nSPS) is 16.7. The van der Waals surface area contributed by atoms with Crippen molar-refractivity contribution >= 4 is 12.0 Å². The number of benzene rings is 1. The molecule has 0 aromatic heterocycles. The number of carbonyl (C=O) groups excluding carboxylic acids is 2. The Bertz CT molecular complexity index is 670. The molecule has 0 fully saturated rings. The second-order valence-corrected chi connectivity index (χ2v) is 6.30. The molecule has 6 nitrogen and oxygen atoms in total. The maximum atomic E-state index is 12.7. The molecule has 0 bridgehead atoms. The van der Waals surface area contributed by atoms with Gasteiger partial charge in [-0.1, -0.05) is 44.9 Å². The molecule has 1 aliphatic heterocycles. The van der Waals surface area contributed by atoms with Crippen LogP contribution in [0.4, 0.5) is 4.79 Å². The summed E-state index contributed by atoms with van der Waals surface area (Å²) in [5.41, 5.74) is 1.66. The Morgan fingerprint density at radius 1 is 1.12 bits per heavy atom. The Morgan fingerprint density at radius 3 is 2.62 bits per heavy atom. The van der Waals surface area contributed by atoms with Gasteiger partial charge < -0.3 is 20.1 Å². The van der Waals surface area contributed by atoms with E-state index in [0.29, 0.717) is 30.2 Å². The molecule has 1 aliphatic rings. The van der Waals surface area contributed by atoms with Gasteiger partial charge in [0.05, 0.1) is 24.8 Å². The topological polar surface area (TPSA) is 76.7 Å². The van der Waals surface area contributed by atoms with Gasteiger partial charge >= 0.3 is 12.0 Å². The average Bonchev–Trinajstić information content (AvgIpc) is 2.63. The third-order valence-corrected chi connectivity index (χ3v) is 4.16. The van der Waals surface area contributed by atoms with E-state index in [0.717, 1.165) is 31.2 Å². The maximum absolute atomic E-state index is 12.7. The first kappa shape index (κ1) is 19.8. The fourth-order valence-electron chi connectivity index (χ4n) is 2.85. The van der Waals surface area contributed by atoms with Crippen molar-refractivity contribution in [1.29, 1.82) is 0 Å². The van der Waals surface area contributed by atoms with Gasteiger partial charge in [-0.15, -0.1) is 0 Å². The summed E-state index contributed by atoms with van der Waals surface area (Å²) in [6.45, 7) is 6.77. The first-order chi connectivity index (χ1) is 12.6. The van der Waals surface area contributed by atoms with Gasteiger partial charge in [0.2, 0.25) is 0 Å². The summed E-state index contributed by atoms with van der Waals surface area (Å²) in [7, 11) is 0. The number of para-hydroxylation sites is 1. The Balaban J connectivity index is 2.28. The number of amides is 2. The van der Waals surface area contributed by atoms with E-state index in [1.54, 1.807) is 6.92 Å². The van der Waals surface area contributed by atoms with Crippen LogP contribution >= 0.6 is 0 Å². The van der Waals surface area contributed by atoms with Gasteiger partial charge in [0, 0.05) is 11.3 Å². The van der Waals surface area contributed by atoms with Gasteiger partial charge in [0.15, 0.2) is 0 Å². The van der Waals surface area contributed by atoms with Crippen LogP contribution in [0.1, 0.15) is 58.1 Å². The molecular weight excluding hydrogens is 332 g/mol. The van der Waals surface area contributed by atoms with Crippen LogP contribution < -0.4 is 15.4 Å². The van der Waals surface area contributed by atoms with Crippen LogP contribution in [-0.2, 0) is 9.53 Å². The Hall–Kier alpha value is -2.50. The number of ether oxygens (including phenoxy) is 2. The molecule has 2 N–H and O–H groups in total. The third-order valence-electron chi connectivity index (χ3n) is 4.16. The number of urea groups is 1. The average molecular weight is 360 g/mol. The highest BCUT2D eigenvalue weighted by molar-refractivity contribution is 5.95. The van der Waals surface area contributed by atoms with Crippen LogP contribution in [0, 0.1) is 0 Å². The van der Waals surface area contributed by atoms with Crippen molar-refractivity contribution in [3.8, 4) is 5.75 Å². The van der Waals surface area contributed by atoms with E-state index in [2.05, 4.69) is 17.6 Å². The van der Waals surface area contributed by atoms with Crippen LogP contribution in [-0.4, -0.2) is 25.2 Å². The quantitative estimate of drug-likeness (QED) is 0.518. The lowest BCUT2D eigenvalue weighted by molar-refractivity contribution is -0.139. The zero-order valence-corrected chi connectivity index (χ0v) is 15.8. The minimum Gasteiger partial charge on any atom is -0.493 e. The summed E-state index contributed by atoms with van der Waals surface area (Å²) in [6, 6.07) is 6.49. The summed E-state index contributed by atoms with van der Waals surface area (Å²) < 4.78 is 11.2. The van der Waals surface area contributed by atoms with Crippen molar-refractivity contribution < 1.29 is 19.1 Å². The Labute approximate surface area is 154 Å². The number of unbranched alkanes of at least 4 members (excludes halogenated alkanes) is 2. The number of allylic oxidation sites excluding steroid dienone is 1. The van der Waals surface area contributed by atoms with E-state index in [1.165, 1.54) is 0 Å². The molecule has 1 heterocycles. The van der Waals surface area contributed by atoms with E-state index in [4.69, 9.17) is 9.47 Å². The predicted molar refractivity (Wildman–Crippen MR) is 99.8 cm³/mol. The summed E-state index contributed by atoms with van der Waals surface area (Å²) in [5, 5.41) is 5.49. The third kappa shape index (κ3) is 5.00. The van der Waals surface area contributed by atoms with Crippen molar-refractivity contribution in [3.05, 3.63) is 41.1 Å². The molecule has 0 aliphatic carbocycles. The molecule has 2 amide bonds. The molecule has 0 spiro atoms. The largest absolute Gasteiger partial charge is 0.493 e. The number of esters is 1. The van der Waals surface area contributed by atoms with Crippen molar-refractivity contribution in [2.24, 2.45) is 0 Å². The van der Waals surface area contributed by atoms with E-state index in [1.807, 2.05) is 31.2 Å². The van der Waals surface area contributed by atoms with Gasteiger partial charge in [-0.2, -0.15) is 0 Å². The highest BCUT2D eigenvalue weighted by atomic mass is 16.5. The SMILES string of the molecule is CCCCCOC(=O)C1=C(C)NC(=O)N[C@@H]1c1ccccc1OCCC. The fourth-order valence-corrected chi connectivity index (χ4v) is 2.85. The zero-order valence-electron chi connectivity index (χ0n) is 15.8. The molecule has 1 aromatic carbocycles. The zero-order chi connectivity index (χ0) is 18.9. The lowest BCUT2D eigenvalue weighted by atomic mass is 9.95. The highest BCUT2D eigenvalue weighted by Crippen LogP contribution is 2.33. The second-order valence-electron chi connectivity index (χ2n) is 6.30. The monoisotopic (exact) mass is 360 g/mol. The van der Waals surface area contributed by atoms with Crippen LogP contribution in [0.2, 0.25) is 0 Å². The molecule has 1 atom stereocenters. The van der Waals surface area contributed by atoms with E-state index in [9.17, 15) is 9.59 Å². The van der Waals surface area contributed by atoms with Gasteiger partial charge in [0.25, 0.3) is 0 Å². The lowest BCUT2D eigenvalue weighted by Gasteiger charge is -2.29. The van der Waals surface area contributed by atoms with E-state index >= 15 is 0 Å². The van der Waals surface area contributed by atoms with Crippen molar-refractivity contribution in [2.75, 3.05) is 13.2 Å². The molecule has 6 heteroatoms. The first-order valence-electron chi connectivity index (χ1n) is 9.25. The molecule has 0 saturated heterocycles. The second kappa shape index (κ2) is 9.85. The van der Waals surface area contributed by atoms with Gasteiger partial charge in [-0.25, -0.2) is 9.59 Å². The summed E-state index contributed by atoms with van der Waals surface area (Å²) in [6.07, 6.45) is 3.77. The molecule has 0 unspecified atom stereocenters. The minimum absolute atomic E-state index is 0.347. The predicted octanol–water partition coefficient (Wildman–Crippen LogP) is 3.84. The Kier molecular flexibility index (Phi) is 7.51. The first-order valence-corrected chi connectivity index (χ1v) is 9.25. The van der Waals surface area contributed by atoms with E-state index < -0.39 is 12.0 Å². The van der Waals surface area contributed by atoms with E-state index in [-0.39, 0.29) is 6.03 Å². The van der Waals surface area contributed by atoms with Crippen LogP contribution in [0.15, 0.2) is 35.5 Å². The van der Waals surface area contributed by atoms with Crippen molar-refractivity contribution in [3.63, 3.8) is 0 Å². The van der Waals surface area contributed by atoms with Gasteiger partial charge in [-0.3, -0.25) is 0 Å². The fraction of sp³-hybridized carbons (Fsp3) is 0.500. The number of hydrogen-bond acceptors (Lipinski definition) is 4. The Morgan fingerprint density at radius 2 is 1.88 bits per heavy atom. The molecule has 2 rings (SSSR count). The maximum Gasteiger partial charge on any atom is 0.338 e. The minimum atomic E-state index is -0.601. The smallest absolute Gasteiger partial charge is 0.338 e. The molecular formula is C20H28N2O4. The number of carbonyl (C=O) groups is 2. The molecule has 0 saturated carbocycles. The van der Waals surface area contributed by atoms with Crippen LogP contribution in [0.5, 0.6) is 5.75 Å². The summed E-state index contributed by atoms with van der Waals surface area (Å²) in [5.74, 6) is 0.243. The lowest BCUT2D eigenvalue weighted by Crippen LogP contribution is -2.45. The molecule has 26 heavy (non-hydrogen) atoms. The van der Waals surface area contributed by atoms with Crippen LogP contribution in [0.3, 0.4) is 0 Å².